The molecule has 4 aromatic rings. The molecule has 0 saturated heterocycles. The third-order valence-electron chi connectivity index (χ3n) is 5.15. The van der Waals surface area contributed by atoms with Gasteiger partial charge in [0.2, 0.25) is 0 Å². The summed E-state index contributed by atoms with van der Waals surface area (Å²) in [5.74, 6) is -4.94. The van der Waals surface area contributed by atoms with Crippen LogP contribution in [0.2, 0.25) is 0 Å². The maximum Gasteiger partial charge on any atom is 0.194 e. The van der Waals surface area contributed by atoms with Crippen LogP contribution in [-0.4, -0.2) is 6.54 Å². The largest absolute Gasteiger partial charge is 0.382 e. The zero-order valence-corrected chi connectivity index (χ0v) is 17.0. The smallest absolute Gasteiger partial charge is 0.194 e. The lowest BCUT2D eigenvalue weighted by atomic mass is 9.97. The van der Waals surface area contributed by atoms with Crippen LogP contribution in [-0.2, 0) is 0 Å². The highest BCUT2D eigenvalue weighted by Crippen LogP contribution is 2.31. The summed E-state index contributed by atoms with van der Waals surface area (Å²) in [4.78, 5) is 0. The highest BCUT2D eigenvalue weighted by Gasteiger charge is 2.14. The number of hydrogen-bond acceptors (Lipinski definition) is 1. The Bertz CT molecular complexity index is 1240. The molecule has 0 spiro atoms. The number of halogens is 4. The van der Waals surface area contributed by atoms with Crippen LogP contribution < -0.4 is 5.32 Å². The van der Waals surface area contributed by atoms with Gasteiger partial charge in [-0.15, -0.1) is 6.58 Å². The molecule has 0 bridgehead atoms. The van der Waals surface area contributed by atoms with Crippen LogP contribution in [0.4, 0.5) is 23.2 Å². The molecule has 160 valence electrons. The van der Waals surface area contributed by atoms with E-state index < -0.39 is 23.3 Å². The predicted molar refractivity (Wildman–Crippen MR) is 121 cm³/mol. The fourth-order valence-electron chi connectivity index (χ4n) is 3.47. The summed E-state index contributed by atoms with van der Waals surface area (Å²) >= 11 is 0. The Morgan fingerprint density at radius 3 is 1.59 bits per heavy atom. The van der Waals surface area contributed by atoms with Crippen LogP contribution in [0.15, 0.2) is 91.5 Å². The molecule has 0 atom stereocenters. The van der Waals surface area contributed by atoms with Gasteiger partial charge >= 0.3 is 0 Å². The highest BCUT2D eigenvalue weighted by molar-refractivity contribution is 5.74. The molecule has 32 heavy (non-hydrogen) atoms. The van der Waals surface area contributed by atoms with Crippen LogP contribution in [0.3, 0.4) is 0 Å². The van der Waals surface area contributed by atoms with E-state index in [9.17, 15) is 17.6 Å². The lowest BCUT2D eigenvalue weighted by molar-refractivity contribution is 0.447. The van der Waals surface area contributed by atoms with Gasteiger partial charge in [0.25, 0.3) is 0 Å². The summed E-state index contributed by atoms with van der Waals surface area (Å²) in [5, 5.41) is 3.22. The molecule has 0 radical (unpaired) electrons. The monoisotopic (exact) mass is 433 g/mol. The molecule has 0 saturated carbocycles. The van der Waals surface area contributed by atoms with Crippen molar-refractivity contribution in [3.05, 3.63) is 115 Å². The van der Waals surface area contributed by atoms with Crippen LogP contribution in [0.5, 0.6) is 0 Å². The van der Waals surface area contributed by atoms with E-state index in [2.05, 4.69) is 11.9 Å². The first-order valence-electron chi connectivity index (χ1n) is 9.96. The lowest BCUT2D eigenvalue weighted by Gasteiger charge is -2.09. The van der Waals surface area contributed by atoms with Gasteiger partial charge in [0, 0.05) is 17.8 Å². The van der Waals surface area contributed by atoms with Gasteiger partial charge in [-0.05, 0) is 58.1 Å². The van der Waals surface area contributed by atoms with Gasteiger partial charge in [-0.3, -0.25) is 0 Å². The van der Waals surface area contributed by atoms with Crippen molar-refractivity contribution >= 4 is 5.69 Å². The molecule has 1 nitrogen and oxygen atoms in total. The van der Waals surface area contributed by atoms with Crippen LogP contribution in [0.1, 0.15) is 0 Å². The topological polar surface area (TPSA) is 12.0 Å². The van der Waals surface area contributed by atoms with E-state index in [-0.39, 0.29) is 11.1 Å². The summed E-state index contributed by atoms with van der Waals surface area (Å²) in [6, 6.07) is 21.6. The van der Waals surface area contributed by atoms with Gasteiger partial charge in [0.1, 0.15) is 5.82 Å². The molecule has 0 fully saturated rings. The second-order valence-electron chi connectivity index (χ2n) is 7.27. The van der Waals surface area contributed by atoms with Crippen LogP contribution in [0.25, 0.3) is 33.4 Å². The molecule has 1 N–H and O–H groups in total. The number of anilines is 1. The van der Waals surface area contributed by atoms with Gasteiger partial charge in [0.05, 0.1) is 0 Å². The molecule has 0 heterocycles. The molecule has 0 aliphatic rings. The van der Waals surface area contributed by atoms with Crippen LogP contribution >= 0.6 is 0 Å². The van der Waals surface area contributed by atoms with E-state index in [4.69, 9.17) is 0 Å². The zero-order valence-electron chi connectivity index (χ0n) is 17.0. The van der Waals surface area contributed by atoms with Gasteiger partial charge < -0.3 is 5.32 Å². The maximum atomic E-state index is 14.7. The van der Waals surface area contributed by atoms with E-state index in [1.165, 1.54) is 12.1 Å². The minimum Gasteiger partial charge on any atom is -0.382 e. The van der Waals surface area contributed by atoms with Gasteiger partial charge in [0.15, 0.2) is 17.5 Å². The van der Waals surface area contributed by atoms with Crippen molar-refractivity contribution in [2.75, 3.05) is 11.9 Å². The van der Waals surface area contributed by atoms with Crippen molar-refractivity contribution in [3.63, 3.8) is 0 Å². The summed E-state index contributed by atoms with van der Waals surface area (Å²) in [5.41, 5.74) is 4.40. The molecule has 4 rings (SSSR count). The Morgan fingerprint density at radius 2 is 1.06 bits per heavy atom. The van der Waals surface area contributed by atoms with E-state index in [1.54, 1.807) is 12.1 Å². The third kappa shape index (κ3) is 4.42. The Morgan fingerprint density at radius 1 is 0.594 bits per heavy atom. The average Bonchev–Trinajstić information content (AvgIpc) is 2.81. The first-order valence-corrected chi connectivity index (χ1v) is 9.96. The fourth-order valence-corrected chi connectivity index (χ4v) is 3.47. The Balaban J connectivity index is 1.57. The minimum atomic E-state index is -1.58. The molecule has 0 aliphatic carbocycles. The van der Waals surface area contributed by atoms with Crippen molar-refractivity contribution in [2.24, 2.45) is 0 Å². The van der Waals surface area contributed by atoms with Crippen molar-refractivity contribution in [2.45, 2.75) is 0 Å². The Hall–Kier alpha value is -3.86. The predicted octanol–water partition coefficient (Wildman–Crippen LogP) is 7.84. The molecule has 0 unspecified atom stereocenters. The number of benzene rings is 4. The molecule has 5 heteroatoms. The number of rotatable bonds is 6. The molecule has 0 aliphatic heterocycles. The van der Waals surface area contributed by atoms with Gasteiger partial charge in [-0.2, -0.15) is 0 Å². The molecule has 0 amide bonds. The van der Waals surface area contributed by atoms with E-state index in [0.29, 0.717) is 12.1 Å². The zero-order chi connectivity index (χ0) is 22.7. The minimum absolute atomic E-state index is 0.00618. The lowest BCUT2D eigenvalue weighted by Crippen LogP contribution is -1.96. The summed E-state index contributed by atoms with van der Waals surface area (Å²) in [6.45, 7) is 4.37. The average molecular weight is 433 g/mol. The van der Waals surface area contributed by atoms with Crippen molar-refractivity contribution < 1.29 is 17.6 Å². The second kappa shape index (κ2) is 9.10. The first-order chi connectivity index (χ1) is 15.5. The first kappa shape index (κ1) is 21.4. The van der Waals surface area contributed by atoms with Crippen LogP contribution in [0, 0.1) is 23.3 Å². The molecule has 0 aromatic heterocycles. The van der Waals surface area contributed by atoms with E-state index >= 15 is 0 Å². The normalized spacial score (nSPS) is 10.8. The molecular formula is C27H19F4N. The van der Waals surface area contributed by atoms with Gasteiger partial charge in [-0.25, -0.2) is 17.6 Å². The SMILES string of the molecule is C=CCNc1ccc(-c2ccc(-c3ccc(-c4cc(F)c(F)c(F)c4)c(F)c3)cc2)cc1. The maximum absolute atomic E-state index is 14.7. The second-order valence-corrected chi connectivity index (χ2v) is 7.27. The quantitative estimate of drug-likeness (QED) is 0.186. The molecular weight excluding hydrogens is 414 g/mol. The number of nitrogens with one attached hydrogen (secondary N) is 1. The summed E-state index contributed by atoms with van der Waals surface area (Å²) < 4.78 is 54.9. The van der Waals surface area contributed by atoms with Crippen molar-refractivity contribution in [1.82, 2.24) is 0 Å². The Kier molecular flexibility index (Phi) is 6.08. The van der Waals surface area contributed by atoms with Gasteiger partial charge in [-0.1, -0.05) is 54.6 Å². The highest BCUT2D eigenvalue weighted by atomic mass is 19.2. The summed E-state index contributed by atoms with van der Waals surface area (Å²) in [7, 11) is 0. The Labute approximate surface area is 183 Å². The van der Waals surface area contributed by atoms with E-state index in [1.807, 2.05) is 48.5 Å². The van der Waals surface area contributed by atoms with E-state index in [0.717, 1.165) is 34.5 Å². The third-order valence-corrected chi connectivity index (χ3v) is 5.15. The summed E-state index contributed by atoms with van der Waals surface area (Å²) in [6.07, 6.45) is 1.79. The fraction of sp³-hybridized carbons (Fsp3) is 0.0370. The standard InChI is InChI=1S/C27H19F4N/c1-2-13-32-22-10-7-18(8-11-22)17-3-5-19(6-4-17)20-9-12-23(24(28)14-20)21-15-25(29)27(31)26(30)16-21/h2-12,14-16,32H,1,13H2. The molecule has 4 aromatic carbocycles. The number of hydrogen-bond donors (Lipinski definition) is 1. The van der Waals surface area contributed by atoms with Crippen molar-refractivity contribution in [3.8, 4) is 33.4 Å². The van der Waals surface area contributed by atoms with Crippen molar-refractivity contribution in [1.29, 1.82) is 0 Å².